The summed E-state index contributed by atoms with van der Waals surface area (Å²) in [5.41, 5.74) is 4.25. The first-order chi connectivity index (χ1) is 16.4. The van der Waals surface area contributed by atoms with Gasteiger partial charge >= 0.3 is 0 Å². The Morgan fingerprint density at radius 2 is 1.71 bits per heavy atom. The summed E-state index contributed by atoms with van der Waals surface area (Å²) < 4.78 is 14.1. The van der Waals surface area contributed by atoms with Crippen molar-refractivity contribution < 1.29 is 9.47 Å². The third-order valence-electron chi connectivity index (χ3n) is 5.38. The SMILES string of the molecule is CCCc1c(OCCCCOc2ccc(-c3nn[nH]n3)cc2)ccc2nnn(CC(C)(C)C)c12. The van der Waals surface area contributed by atoms with Crippen LogP contribution in [-0.4, -0.2) is 48.8 Å². The molecule has 0 radical (unpaired) electrons. The second-order valence-electron chi connectivity index (χ2n) is 9.63. The molecule has 0 unspecified atom stereocenters. The van der Waals surface area contributed by atoms with E-state index < -0.39 is 0 Å². The van der Waals surface area contributed by atoms with Gasteiger partial charge in [0.15, 0.2) is 0 Å². The van der Waals surface area contributed by atoms with Crippen LogP contribution in [0.1, 0.15) is 52.5 Å². The van der Waals surface area contributed by atoms with Crippen LogP contribution in [0.25, 0.3) is 22.4 Å². The molecule has 0 aliphatic heterocycles. The zero-order chi connectivity index (χ0) is 24.0. The molecule has 0 spiro atoms. The van der Waals surface area contributed by atoms with E-state index >= 15 is 0 Å². The standard InChI is InChI=1S/C25H33N7O2/c1-5-8-20-22(14-13-21-23(20)32(31-26-21)17-25(2,3)4)34-16-7-6-15-33-19-11-9-18(10-12-19)24-27-29-30-28-24/h9-14H,5-8,15-17H2,1-4H3,(H,27,28,29,30). The smallest absolute Gasteiger partial charge is 0.204 e. The highest BCUT2D eigenvalue weighted by molar-refractivity contribution is 5.81. The van der Waals surface area contributed by atoms with E-state index in [9.17, 15) is 0 Å². The van der Waals surface area contributed by atoms with Crippen molar-refractivity contribution in [1.29, 1.82) is 0 Å². The van der Waals surface area contributed by atoms with Crippen LogP contribution in [0.5, 0.6) is 11.5 Å². The first-order valence-electron chi connectivity index (χ1n) is 11.9. The number of rotatable bonds is 11. The van der Waals surface area contributed by atoms with Gasteiger partial charge in [0.25, 0.3) is 0 Å². The highest BCUT2D eigenvalue weighted by Gasteiger charge is 2.19. The normalized spacial score (nSPS) is 11.8. The van der Waals surface area contributed by atoms with Crippen molar-refractivity contribution in [1.82, 2.24) is 35.6 Å². The number of benzene rings is 2. The summed E-state index contributed by atoms with van der Waals surface area (Å²) in [6.07, 6.45) is 3.79. The number of aromatic amines is 1. The molecule has 9 heteroatoms. The van der Waals surface area contributed by atoms with E-state index in [1.807, 2.05) is 41.1 Å². The molecule has 0 fully saturated rings. The Morgan fingerprint density at radius 1 is 0.941 bits per heavy atom. The van der Waals surface area contributed by atoms with Gasteiger partial charge in [0.05, 0.1) is 18.7 Å². The number of ether oxygens (including phenoxy) is 2. The van der Waals surface area contributed by atoms with Crippen LogP contribution >= 0.6 is 0 Å². The highest BCUT2D eigenvalue weighted by Crippen LogP contribution is 2.30. The summed E-state index contributed by atoms with van der Waals surface area (Å²) in [6.45, 7) is 10.9. The molecule has 4 rings (SSSR count). The third-order valence-corrected chi connectivity index (χ3v) is 5.38. The van der Waals surface area contributed by atoms with Crippen LogP contribution < -0.4 is 9.47 Å². The number of aryl methyl sites for hydroxylation is 1. The van der Waals surface area contributed by atoms with Crippen LogP contribution in [0.2, 0.25) is 0 Å². The first-order valence-corrected chi connectivity index (χ1v) is 11.9. The Balaban J connectivity index is 1.30. The van der Waals surface area contributed by atoms with E-state index in [0.29, 0.717) is 19.0 Å². The van der Waals surface area contributed by atoms with E-state index in [0.717, 1.165) is 60.3 Å². The fourth-order valence-electron chi connectivity index (χ4n) is 3.87. The van der Waals surface area contributed by atoms with Gasteiger partial charge in [0.1, 0.15) is 17.0 Å². The molecule has 9 nitrogen and oxygen atoms in total. The molecule has 0 aliphatic rings. The minimum Gasteiger partial charge on any atom is -0.494 e. The van der Waals surface area contributed by atoms with Gasteiger partial charge in [-0.2, -0.15) is 5.21 Å². The summed E-state index contributed by atoms with van der Waals surface area (Å²) in [6, 6.07) is 11.7. The first kappa shape index (κ1) is 23.7. The van der Waals surface area contributed by atoms with Gasteiger partial charge in [-0.05, 0) is 66.3 Å². The lowest BCUT2D eigenvalue weighted by atomic mass is 9.96. The average molecular weight is 464 g/mol. The van der Waals surface area contributed by atoms with Gasteiger partial charge in [0, 0.05) is 17.7 Å². The molecule has 2 heterocycles. The lowest BCUT2D eigenvalue weighted by Crippen LogP contribution is -2.17. The lowest BCUT2D eigenvalue weighted by molar-refractivity contribution is 0.265. The average Bonchev–Trinajstić information content (AvgIpc) is 3.47. The zero-order valence-corrected chi connectivity index (χ0v) is 20.4. The largest absolute Gasteiger partial charge is 0.494 e. The van der Waals surface area contributed by atoms with E-state index in [4.69, 9.17) is 9.47 Å². The van der Waals surface area contributed by atoms with Gasteiger partial charge in [0.2, 0.25) is 5.82 Å². The predicted octanol–water partition coefficient (Wildman–Crippen LogP) is 4.85. The maximum absolute atomic E-state index is 6.21. The van der Waals surface area contributed by atoms with Gasteiger partial charge in [-0.15, -0.1) is 15.3 Å². The Bertz CT molecular complexity index is 1180. The summed E-state index contributed by atoms with van der Waals surface area (Å²) in [5.74, 6) is 2.33. The Hall–Kier alpha value is -3.49. The highest BCUT2D eigenvalue weighted by atomic mass is 16.5. The number of hydrogen-bond acceptors (Lipinski definition) is 7. The number of H-pyrrole nitrogens is 1. The van der Waals surface area contributed by atoms with Crippen molar-refractivity contribution in [3.8, 4) is 22.9 Å². The van der Waals surface area contributed by atoms with Crippen LogP contribution in [0.4, 0.5) is 0 Å². The number of tetrazole rings is 1. The summed E-state index contributed by atoms with van der Waals surface area (Å²) in [5, 5.41) is 22.8. The molecule has 0 atom stereocenters. The number of hydrogen-bond donors (Lipinski definition) is 1. The van der Waals surface area contributed by atoms with Crippen LogP contribution in [0.3, 0.4) is 0 Å². The molecular weight excluding hydrogens is 430 g/mol. The van der Waals surface area contributed by atoms with Crippen molar-refractivity contribution >= 4 is 11.0 Å². The maximum atomic E-state index is 6.21. The van der Waals surface area contributed by atoms with Crippen molar-refractivity contribution in [2.75, 3.05) is 13.2 Å². The summed E-state index contributed by atoms with van der Waals surface area (Å²) >= 11 is 0. The second-order valence-corrected chi connectivity index (χ2v) is 9.63. The fraction of sp³-hybridized carbons (Fsp3) is 0.480. The topological polar surface area (TPSA) is 104 Å². The molecule has 2 aromatic heterocycles. The third kappa shape index (κ3) is 5.89. The fourth-order valence-corrected chi connectivity index (χ4v) is 3.87. The Labute approximate surface area is 199 Å². The maximum Gasteiger partial charge on any atom is 0.204 e. The number of nitrogens with one attached hydrogen (secondary N) is 1. The molecule has 0 saturated heterocycles. The zero-order valence-electron chi connectivity index (χ0n) is 20.4. The number of aromatic nitrogens is 7. The molecule has 180 valence electrons. The summed E-state index contributed by atoms with van der Waals surface area (Å²) in [4.78, 5) is 0. The molecule has 0 bridgehead atoms. The molecule has 4 aromatic rings. The van der Waals surface area contributed by atoms with Gasteiger partial charge in [-0.3, -0.25) is 0 Å². The lowest BCUT2D eigenvalue weighted by Gasteiger charge is -2.19. The molecule has 0 amide bonds. The monoisotopic (exact) mass is 463 g/mol. The van der Waals surface area contributed by atoms with E-state index in [1.165, 1.54) is 5.56 Å². The van der Waals surface area contributed by atoms with Crippen molar-refractivity contribution in [3.05, 3.63) is 42.0 Å². The van der Waals surface area contributed by atoms with Crippen LogP contribution in [0.15, 0.2) is 36.4 Å². The van der Waals surface area contributed by atoms with Crippen molar-refractivity contribution in [3.63, 3.8) is 0 Å². The van der Waals surface area contributed by atoms with E-state index in [1.54, 1.807) is 0 Å². The quantitative estimate of drug-likeness (QED) is 0.317. The molecular formula is C25H33N7O2. The number of nitrogens with zero attached hydrogens (tertiary/aromatic N) is 6. The summed E-state index contributed by atoms with van der Waals surface area (Å²) in [7, 11) is 0. The van der Waals surface area contributed by atoms with E-state index in [2.05, 4.69) is 58.6 Å². The molecule has 1 N–H and O–H groups in total. The molecule has 2 aromatic carbocycles. The Kier molecular flexibility index (Phi) is 7.40. The Morgan fingerprint density at radius 3 is 2.38 bits per heavy atom. The molecule has 0 aliphatic carbocycles. The number of fused-ring (bicyclic) bond motifs is 1. The van der Waals surface area contributed by atoms with Crippen LogP contribution in [-0.2, 0) is 13.0 Å². The predicted molar refractivity (Wildman–Crippen MR) is 131 cm³/mol. The molecule has 0 saturated carbocycles. The molecule has 34 heavy (non-hydrogen) atoms. The minimum atomic E-state index is 0.119. The van der Waals surface area contributed by atoms with Crippen molar-refractivity contribution in [2.45, 2.75) is 59.9 Å². The number of unbranched alkanes of at least 4 members (excludes halogenated alkanes) is 1. The minimum absolute atomic E-state index is 0.119. The van der Waals surface area contributed by atoms with Crippen LogP contribution in [0, 0.1) is 5.41 Å². The van der Waals surface area contributed by atoms with Crippen molar-refractivity contribution in [2.24, 2.45) is 5.41 Å². The van der Waals surface area contributed by atoms with Gasteiger partial charge in [-0.25, -0.2) is 4.68 Å². The van der Waals surface area contributed by atoms with Gasteiger partial charge < -0.3 is 9.47 Å². The second kappa shape index (κ2) is 10.6. The van der Waals surface area contributed by atoms with E-state index in [-0.39, 0.29) is 5.41 Å². The van der Waals surface area contributed by atoms with Gasteiger partial charge in [-0.1, -0.05) is 39.3 Å².